The Kier molecular flexibility index (Phi) is 5.87. The van der Waals surface area contributed by atoms with Crippen LogP contribution in [0.1, 0.15) is 19.4 Å². The molecule has 0 unspecified atom stereocenters. The number of sulfone groups is 2. The normalized spacial score (nSPS) is 12.2. The second-order valence-electron chi connectivity index (χ2n) is 6.23. The maximum absolute atomic E-state index is 12.2. The van der Waals surface area contributed by atoms with Gasteiger partial charge in [-0.25, -0.2) is 16.8 Å². The highest BCUT2D eigenvalue weighted by Gasteiger charge is 2.19. The Morgan fingerprint density at radius 1 is 0.962 bits per heavy atom. The molecule has 0 saturated carbocycles. The molecule has 2 aromatic rings. The van der Waals surface area contributed by atoms with Crippen molar-refractivity contribution in [2.45, 2.75) is 35.3 Å². The molecule has 0 bridgehead atoms. The predicted molar refractivity (Wildman–Crippen MR) is 101 cm³/mol. The minimum absolute atomic E-state index is 0.000102. The Morgan fingerprint density at radius 3 is 2.08 bits per heavy atom. The molecule has 0 fully saturated rings. The van der Waals surface area contributed by atoms with Crippen molar-refractivity contribution in [3.63, 3.8) is 0 Å². The number of anilines is 1. The first-order chi connectivity index (χ1) is 12.0. The summed E-state index contributed by atoms with van der Waals surface area (Å²) in [6, 6.07) is 12.3. The van der Waals surface area contributed by atoms with Gasteiger partial charge in [-0.2, -0.15) is 0 Å². The van der Waals surface area contributed by atoms with Gasteiger partial charge in [0.15, 0.2) is 19.7 Å². The van der Waals surface area contributed by atoms with E-state index < -0.39 is 24.9 Å². The zero-order valence-corrected chi connectivity index (χ0v) is 16.4. The van der Waals surface area contributed by atoms with Crippen molar-refractivity contribution in [2.24, 2.45) is 0 Å². The van der Waals surface area contributed by atoms with Crippen LogP contribution in [-0.2, 0) is 30.9 Å². The SMILES string of the molecule is CC(C)S(=O)(=O)c1ccc(CC(=O)Nc2ccccc2S(C)(=O)=O)cc1. The third-order valence-electron chi connectivity index (χ3n) is 3.80. The fourth-order valence-corrected chi connectivity index (χ4v) is 4.25. The van der Waals surface area contributed by atoms with Crippen LogP contribution >= 0.6 is 0 Å². The van der Waals surface area contributed by atoms with Crippen LogP contribution in [0.3, 0.4) is 0 Å². The third kappa shape index (κ3) is 4.70. The van der Waals surface area contributed by atoms with Crippen LogP contribution in [0.25, 0.3) is 0 Å². The predicted octanol–water partition coefficient (Wildman–Crippen LogP) is 2.45. The lowest BCUT2D eigenvalue weighted by Crippen LogP contribution is -2.17. The van der Waals surface area contributed by atoms with Crippen molar-refractivity contribution in [2.75, 3.05) is 11.6 Å². The highest BCUT2D eigenvalue weighted by molar-refractivity contribution is 7.92. The third-order valence-corrected chi connectivity index (χ3v) is 7.12. The van der Waals surface area contributed by atoms with E-state index in [2.05, 4.69) is 5.32 Å². The van der Waals surface area contributed by atoms with Gasteiger partial charge in [0, 0.05) is 6.26 Å². The van der Waals surface area contributed by atoms with Gasteiger partial charge in [-0.3, -0.25) is 4.79 Å². The minimum atomic E-state index is -3.46. The van der Waals surface area contributed by atoms with E-state index in [9.17, 15) is 21.6 Å². The second-order valence-corrected chi connectivity index (χ2v) is 10.7. The molecule has 140 valence electrons. The summed E-state index contributed by atoms with van der Waals surface area (Å²) in [5.41, 5.74) is 0.848. The first kappa shape index (κ1) is 20.1. The van der Waals surface area contributed by atoms with Gasteiger partial charge in [0.1, 0.15) is 0 Å². The van der Waals surface area contributed by atoms with Gasteiger partial charge in [-0.05, 0) is 43.7 Å². The quantitative estimate of drug-likeness (QED) is 0.810. The van der Waals surface area contributed by atoms with Crippen molar-refractivity contribution in [1.29, 1.82) is 0 Å². The lowest BCUT2D eigenvalue weighted by atomic mass is 10.1. The number of amides is 1. The molecule has 0 atom stereocenters. The molecule has 0 aliphatic carbocycles. The van der Waals surface area contributed by atoms with E-state index in [1.54, 1.807) is 38.1 Å². The summed E-state index contributed by atoms with van der Waals surface area (Å²) in [6.07, 6.45) is 1.08. The lowest BCUT2D eigenvalue weighted by Gasteiger charge is -2.11. The Balaban J connectivity index is 2.15. The van der Waals surface area contributed by atoms with Crippen LogP contribution in [0.5, 0.6) is 0 Å². The molecule has 0 aromatic heterocycles. The number of benzene rings is 2. The molecule has 0 aliphatic heterocycles. The molecule has 0 saturated heterocycles. The zero-order valence-electron chi connectivity index (χ0n) is 14.8. The summed E-state index contributed by atoms with van der Waals surface area (Å²) in [5.74, 6) is -0.388. The molecule has 0 aliphatic rings. The van der Waals surface area contributed by atoms with Crippen LogP contribution in [-0.4, -0.2) is 34.2 Å². The van der Waals surface area contributed by atoms with Gasteiger partial charge < -0.3 is 5.32 Å². The largest absolute Gasteiger partial charge is 0.325 e. The van der Waals surface area contributed by atoms with Crippen LogP contribution in [0, 0.1) is 0 Å². The Hall–Kier alpha value is -2.19. The molecular formula is C18H21NO5S2. The number of carbonyl (C=O) groups is 1. The van der Waals surface area contributed by atoms with Gasteiger partial charge in [0.25, 0.3) is 0 Å². The molecule has 1 amide bonds. The van der Waals surface area contributed by atoms with Gasteiger partial charge in [-0.15, -0.1) is 0 Å². The lowest BCUT2D eigenvalue weighted by molar-refractivity contribution is -0.115. The standard InChI is InChI=1S/C18H21NO5S2/c1-13(2)26(23,24)15-10-8-14(9-11-15)12-18(20)19-16-6-4-5-7-17(16)25(3,21)22/h4-11,13H,12H2,1-3H3,(H,19,20). The average Bonchev–Trinajstić information content (AvgIpc) is 2.54. The van der Waals surface area contributed by atoms with Crippen LogP contribution in [0.15, 0.2) is 58.3 Å². The van der Waals surface area contributed by atoms with E-state index in [-0.39, 0.29) is 27.8 Å². The number of rotatable bonds is 6. The molecular weight excluding hydrogens is 374 g/mol. The van der Waals surface area contributed by atoms with Crippen molar-refractivity contribution in [1.82, 2.24) is 0 Å². The molecule has 6 nitrogen and oxygen atoms in total. The summed E-state index contributed by atoms with van der Waals surface area (Å²) < 4.78 is 47.7. The van der Waals surface area contributed by atoms with Crippen LogP contribution in [0.2, 0.25) is 0 Å². The number of carbonyl (C=O) groups excluding carboxylic acids is 1. The van der Waals surface area contributed by atoms with E-state index in [0.29, 0.717) is 5.56 Å². The Morgan fingerprint density at radius 2 is 1.54 bits per heavy atom. The van der Waals surface area contributed by atoms with Crippen molar-refractivity contribution < 1.29 is 21.6 Å². The van der Waals surface area contributed by atoms with Gasteiger partial charge in [0.05, 0.1) is 27.1 Å². The molecule has 0 spiro atoms. The number of hydrogen-bond acceptors (Lipinski definition) is 5. The van der Waals surface area contributed by atoms with E-state index >= 15 is 0 Å². The smallest absolute Gasteiger partial charge is 0.228 e. The Bertz CT molecular complexity index is 1010. The second kappa shape index (κ2) is 7.59. The van der Waals surface area contributed by atoms with Crippen molar-refractivity contribution in [3.8, 4) is 0 Å². The fourth-order valence-electron chi connectivity index (χ4n) is 2.34. The maximum atomic E-state index is 12.2. The minimum Gasteiger partial charge on any atom is -0.325 e. The van der Waals surface area contributed by atoms with E-state index in [1.165, 1.54) is 24.3 Å². The van der Waals surface area contributed by atoms with Crippen molar-refractivity contribution >= 4 is 31.3 Å². The van der Waals surface area contributed by atoms with E-state index in [4.69, 9.17) is 0 Å². The van der Waals surface area contributed by atoms with E-state index in [0.717, 1.165) is 6.26 Å². The molecule has 0 heterocycles. The molecule has 26 heavy (non-hydrogen) atoms. The first-order valence-corrected chi connectivity index (χ1v) is 11.4. The maximum Gasteiger partial charge on any atom is 0.228 e. The van der Waals surface area contributed by atoms with Gasteiger partial charge in [0.2, 0.25) is 5.91 Å². The van der Waals surface area contributed by atoms with Gasteiger partial charge >= 0.3 is 0 Å². The number of nitrogens with one attached hydrogen (secondary N) is 1. The fraction of sp³-hybridized carbons (Fsp3) is 0.278. The number of para-hydroxylation sites is 1. The number of hydrogen-bond donors (Lipinski definition) is 1. The summed E-state index contributed by atoms with van der Waals surface area (Å²) in [7, 11) is -6.82. The zero-order chi connectivity index (χ0) is 19.5. The summed E-state index contributed by atoms with van der Waals surface area (Å²) in [6.45, 7) is 3.21. The molecule has 1 N–H and O–H groups in total. The van der Waals surface area contributed by atoms with Gasteiger partial charge in [-0.1, -0.05) is 24.3 Å². The molecule has 8 heteroatoms. The van der Waals surface area contributed by atoms with Crippen molar-refractivity contribution in [3.05, 3.63) is 54.1 Å². The summed E-state index contributed by atoms with van der Waals surface area (Å²) in [4.78, 5) is 12.5. The highest BCUT2D eigenvalue weighted by Crippen LogP contribution is 2.21. The highest BCUT2D eigenvalue weighted by atomic mass is 32.2. The van der Waals surface area contributed by atoms with Crippen LogP contribution < -0.4 is 5.32 Å². The topological polar surface area (TPSA) is 97.4 Å². The van der Waals surface area contributed by atoms with E-state index in [1.807, 2.05) is 0 Å². The van der Waals surface area contributed by atoms with Crippen LogP contribution in [0.4, 0.5) is 5.69 Å². The summed E-state index contributed by atoms with van der Waals surface area (Å²) in [5, 5.41) is 2.07. The monoisotopic (exact) mass is 395 g/mol. The first-order valence-electron chi connectivity index (χ1n) is 7.93. The Labute approximate surface area is 154 Å². The molecule has 2 rings (SSSR count). The molecule has 0 radical (unpaired) electrons. The summed E-state index contributed by atoms with van der Waals surface area (Å²) >= 11 is 0. The molecule has 2 aromatic carbocycles. The average molecular weight is 396 g/mol.